The van der Waals surface area contributed by atoms with Crippen LogP contribution in [-0.2, 0) is 11.8 Å². The zero-order valence-corrected chi connectivity index (χ0v) is 19.1. The smallest absolute Gasteiger partial charge is 0.269 e. The lowest BCUT2D eigenvalue weighted by atomic mass is 10.0. The Morgan fingerprint density at radius 2 is 1.78 bits per heavy atom. The number of nitro groups is 1. The van der Waals surface area contributed by atoms with E-state index in [4.69, 9.17) is 4.74 Å². The van der Waals surface area contributed by atoms with E-state index in [1.54, 1.807) is 4.57 Å². The number of amides is 1. The summed E-state index contributed by atoms with van der Waals surface area (Å²) in [5.74, 6) is 1.73. The fourth-order valence-electron chi connectivity index (χ4n) is 2.99. The molecule has 0 saturated carbocycles. The van der Waals surface area contributed by atoms with Gasteiger partial charge in [-0.05, 0) is 42.7 Å². The summed E-state index contributed by atoms with van der Waals surface area (Å²) >= 11 is 1.25. The summed E-state index contributed by atoms with van der Waals surface area (Å²) in [6.45, 7) is 6.18. The molecule has 3 rings (SSSR count). The average molecular weight is 456 g/mol. The van der Waals surface area contributed by atoms with Crippen LogP contribution in [0.15, 0.2) is 53.7 Å². The molecule has 0 bridgehead atoms. The predicted molar refractivity (Wildman–Crippen MR) is 123 cm³/mol. The molecule has 1 N–H and O–H groups in total. The number of nitrogens with zero attached hydrogens (tertiary/aromatic N) is 4. The highest BCUT2D eigenvalue weighted by Gasteiger charge is 2.18. The number of nitrogens with one attached hydrogen (secondary N) is 1. The molecule has 3 aromatic rings. The molecule has 168 valence electrons. The summed E-state index contributed by atoms with van der Waals surface area (Å²) < 4.78 is 7.80. The standard InChI is InChI=1S/C22H25N5O4S/c1-14(2)16-5-11-19(12-6-16)31-15(3)21-24-25-22(26(21)4)32-13-20(28)23-17-7-9-18(10-8-17)27(29)30/h5-12,14-15H,13H2,1-4H3,(H,23,28). The Morgan fingerprint density at radius 3 is 2.38 bits per heavy atom. The number of hydrogen-bond acceptors (Lipinski definition) is 7. The molecule has 32 heavy (non-hydrogen) atoms. The monoisotopic (exact) mass is 455 g/mol. The maximum Gasteiger partial charge on any atom is 0.269 e. The Balaban J connectivity index is 1.55. The Morgan fingerprint density at radius 1 is 1.12 bits per heavy atom. The number of anilines is 1. The summed E-state index contributed by atoms with van der Waals surface area (Å²) in [6, 6.07) is 13.7. The van der Waals surface area contributed by atoms with E-state index in [-0.39, 0.29) is 23.5 Å². The number of hydrogen-bond donors (Lipinski definition) is 1. The van der Waals surface area contributed by atoms with E-state index in [1.807, 2.05) is 38.2 Å². The molecule has 2 aromatic carbocycles. The normalized spacial score (nSPS) is 11.9. The summed E-state index contributed by atoms with van der Waals surface area (Å²) in [5, 5.41) is 22.4. The summed E-state index contributed by atoms with van der Waals surface area (Å²) in [7, 11) is 1.83. The first-order valence-electron chi connectivity index (χ1n) is 10.1. The van der Waals surface area contributed by atoms with E-state index in [0.717, 1.165) is 5.75 Å². The van der Waals surface area contributed by atoms with Gasteiger partial charge in [-0.1, -0.05) is 37.7 Å². The number of benzene rings is 2. The van der Waals surface area contributed by atoms with Gasteiger partial charge < -0.3 is 14.6 Å². The van der Waals surface area contributed by atoms with Crippen molar-refractivity contribution in [2.45, 2.75) is 37.9 Å². The van der Waals surface area contributed by atoms with Crippen molar-refractivity contribution in [3.05, 3.63) is 70.0 Å². The second-order valence-corrected chi connectivity index (χ2v) is 8.47. The van der Waals surface area contributed by atoms with Crippen LogP contribution < -0.4 is 10.1 Å². The van der Waals surface area contributed by atoms with Crippen LogP contribution in [0.4, 0.5) is 11.4 Å². The van der Waals surface area contributed by atoms with E-state index in [1.165, 1.54) is 41.6 Å². The van der Waals surface area contributed by atoms with E-state index >= 15 is 0 Å². The maximum absolute atomic E-state index is 12.2. The van der Waals surface area contributed by atoms with Crippen LogP contribution >= 0.6 is 11.8 Å². The highest BCUT2D eigenvalue weighted by Crippen LogP contribution is 2.25. The van der Waals surface area contributed by atoms with Gasteiger partial charge in [0.25, 0.3) is 5.69 Å². The molecule has 1 aromatic heterocycles. The summed E-state index contributed by atoms with van der Waals surface area (Å²) in [5.41, 5.74) is 1.70. The molecule has 10 heteroatoms. The molecule has 1 heterocycles. The average Bonchev–Trinajstić information content (AvgIpc) is 3.13. The molecule has 0 radical (unpaired) electrons. The van der Waals surface area contributed by atoms with Crippen molar-refractivity contribution in [3.8, 4) is 5.75 Å². The van der Waals surface area contributed by atoms with E-state index < -0.39 is 4.92 Å². The zero-order valence-electron chi connectivity index (χ0n) is 18.3. The van der Waals surface area contributed by atoms with Crippen molar-refractivity contribution in [1.29, 1.82) is 0 Å². The molecular formula is C22H25N5O4S. The lowest BCUT2D eigenvalue weighted by Gasteiger charge is -2.15. The first-order chi connectivity index (χ1) is 15.2. The number of nitro benzene ring substituents is 1. The minimum absolute atomic E-state index is 0.0313. The lowest BCUT2D eigenvalue weighted by molar-refractivity contribution is -0.384. The summed E-state index contributed by atoms with van der Waals surface area (Å²) in [4.78, 5) is 22.4. The van der Waals surface area contributed by atoms with E-state index in [9.17, 15) is 14.9 Å². The van der Waals surface area contributed by atoms with E-state index in [2.05, 4.69) is 29.4 Å². The zero-order chi connectivity index (χ0) is 23.3. The Kier molecular flexibility index (Phi) is 7.47. The number of carbonyl (C=O) groups excluding carboxylic acids is 1. The first-order valence-corrected chi connectivity index (χ1v) is 11.1. The van der Waals surface area contributed by atoms with Gasteiger partial charge in [-0.2, -0.15) is 0 Å². The molecule has 1 atom stereocenters. The largest absolute Gasteiger partial charge is 0.483 e. The number of thioether (sulfide) groups is 1. The van der Waals surface area contributed by atoms with Crippen LogP contribution in [0.3, 0.4) is 0 Å². The van der Waals surface area contributed by atoms with Gasteiger partial charge in [-0.3, -0.25) is 14.9 Å². The van der Waals surface area contributed by atoms with Crippen LogP contribution in [0, 0.1) is 10.1 Å². The van der Waals surface area contributed by atoms with Crippen LogP contribution in [0.25, 0.3) is 0 Å². The third-order valence-electron chi connectivity index (χ3n) is 4.79. The molecule has 1 amide bonds. The number of aromatic nitrogens is 3. The summed E-state index contributed by atoms with van der Waals surface area (Å²) in [6.07, 6.45) is -0.319. The maximum atomic E-state index is 12.2. The van der Waals surface area contributed by atoms with Crippen molar-refractivity contribution >= 4 is 29.0 Å². The molecule has 0 aliphatic heterocycles. The number of rotatable bonds is 9. The van der Waals surface area contributed by atoms with Crippen LogP contribution in [0.2, 0.25) is 0 Å². The van der Waals surface area contributed by atoms with Gasteiger partial charge in [0.1, 0.15) is 5.75 Å². The second-order valence-electron chi connectivity index (χ2n) is 7.52. The van der Waals surface area contributed by atoms with Crippen molar-refractivity contribution in [3.63, 3.8) is 0 Å². The molecule has 9 nitrogen and oxygen atoms in total. The Labute approximate surface area is 190 Å². The quantitative estimate of drug-likeness (QED) is 0.282. The molecule has 0 fully saturated rings. The van der Waals surface area contributed by atoms with Gasteiger partial charge in [-0.25, -0.2) is 0 Å². The first kappa shape index (κ1) is 23.3. The van der Waals surface area contributed by atoms with Crippen LogP contribution in [-0.4, -0.2) is 31.3 Å². The van der Waals surface area contributed by atoms with Gasteiger partial charge in [0.05, 0.1) is 10.7 Å². The third kappa shape index (κ3) is 5.85. The molecular weight excluding hydrogens is 430 g/mol. The molecule has 0 spiro atoms. The predicted octanol–water partition coefficient (Wildman–Crippen LogP) is 4.72. The van der Waals surface area contributed by atoms with Crippen LogP contribution in [0.5, 0.6) is 5.75 Å². The van der Waals surface area contributed by atoms with Crippen molar-refractivity contribution in [2.24, 2.45) is 7.05 Å². The Hall–Kier alpha value is -3.40. The molecule has 0 aliphatic carbocycles. The molecule has 0 aliphatic rings. The third-order valence-corrected chi connectivity index (χ3v) is 5.81. The SMILES string of the molecule is CC(C)c1ccc(OC(C)c2nnc(SCC(=O)Nc3ccc([N+](=O)[O-])cc3)n2C)cc1. The second kappa shape index (κ2) is 10.3. The van der Waals surface area contributed by atoms with Crippen molar-refractivity contribution < 1.29 is 14.5 Å². The lowest BCUT2D eigenvalue weighted by Crippen LogP contribution is -2.15. The van der Waals surface area contributed by atoms with Crippen LogP contribution in [0.1, 0.15) is 44.2 Å². The van der Waals surface area contributed by atoms with Crippen molar-refractivity contribution in [1.82, 2.24) is 14.8 Å². The fourth-order valence-corrected chi connectivity index (χ4v) is 3.71. The topological polar surface area (TPSA) is 112 Å². The minimum atomic E-state index is -0.488. The van der Waals surface area contributed by atoms with Gasteiger partial charge in [-0.15, -0.1) is 10.2 Å². The van der Waals surface area contributed by atoms with Gasteiger partial charge >= 0.3 is 0 Å². The fraction of sp³-hybridized carbons (Fsp3) is 0.318. The van der Waals surface area contributed by atoms with Crippen molar-refractivity contribution in [2.75, 3.05) is 11.1 Å². The van der Waals surface area contributed by atoms with E-state index in [0.29, 0.717) is 22.6 Å². The number of carbonyl (C=O) groups is 1. The van der Waals surface area contributed by atoms with Gasteiger partial charge in [0, 0.05) is 24.9 Å². The van der Waals surface area contributed by atoms with Gasteiger partial charge in [0.15, 0.2) is 17.1 Å². The van der Waals surface area contributed by atoms with Gasteiger partial charge in [0.2, 0.25) is 5.91 Å². The number of ether oxygens (including phenoxy) is 1. The highest BCUT2D eigenvalue weighted by atomic mass is 32.2. The molecule has 1 unspecified atom stereocenters. The number of non-ortho nitro benzene ring substituents is 1. The highest BCUT2D eigenvalue weighted by molar-refractivity contribution is 7.99. The molecule has 0 saturated heterocycles. The minimum Gasteiger partial charge on any atom is -0.483 e. The Bertz CT molecular complexity index is 1080.